The van der Waals surface area contributed by atoms with E-state index in [1.165, 1.54) is 0 Å². The van der Waals surface area contributed by atoms with Gasteiger partial charge in [0.05, 0.1) is 11.5 Å². The molecule has 0 aromatic heterocycles. The van der Waals surface area contributed by atoms with Crippen LogP contribution in [0.2, 0.25) is 0 Å². The zero-order chi connectivity index (χ0) is 15.5. The number of sulfonamides is 1. The van der Waals surface area contributed by atoms with Crippen molar-refractivity contribution in [2.45, 2.75) is 25.7 Å². The molecule has 0 saturated heterocycles. The molecular weight excluding hydrogens is 286 g/mol. The SMILES string of the molecule is CCOc1ccc(S(=O)(=O)Nc2ccc(C)cc2)cc1C. The van der Waals surface area contributed by atoms with E-state index in [9.17, 15) is 8.42 Å². The molecule has 0 unspecified atom stereocenters. The lowest BCUT2D eigenvalue weighted by molar-refractivity contribution is 0.337. The summed E-state index contributed by atoms with van der Waals surface area (Å²) >= 11 is 0. The van der Waals surface area contributed by atoms with Crippen LogP contribution in [-0.2, 0) is 10.0 Å². The van der Waals surface area contributed by atoms with E-state index in [1.54, 1.807) is 30.3 Å². The molecule has 0 fully saturated rings. The lowest BCUT2D eigenvalue weighted by Gasteiger charge is -2.11. The van der Waals surface area contributed by atoms with Crippen LogP contribution in [0.4, 0.5) is 5.69 Å². The molecule has 0 atom stereocenters. The van der Waals surface area contributed by atoms with Crippen LogP contribution in [0.3, 0.4) is 0 Å². The molecule has 112 valence electrons. The lowest BCUT2D eigenvalue weighted by Crippen LogP contribution is -2.13. The van der Waals surface area contributed by atoms with Crippen LogP contribution < -0.4 is 9.46 Å². The van der Waals surface area contributed by atoms with Gasteiger partial charge in [-0.2, -0.15) is 0 Å². The molecule has 5 heteroatoms. The van der Waals surface area contributed by atoms with Gasteiger partial charge in [0.1, 0.15) is 5.75 Å². The van der Waals surface area contributed by atoms with Gasteiger partial charge in [0, 0.05) is 5.69 Å². The second-order valence-corrected chi connectivity index (χ2v) is 6.51. The molecule has 21 heavy (non-hydrogen) atoms. The number of hydrogen-bond donors (Lipinski definition) is 1. The van der Waals surface area contributed by atoms with Crippen LogP contribution >= 0.6 is 0 Å². The molecule has 2 aromatic rings. The summed E-state index contributed by atoms with van der Waals surface area (Å²) in [6, 6.07) is 12.1. The minimum absolute atomic E-state index is 0.226. The van der Waals surface area contributed by atoms with Gasteiger partial charge in [0.15, 0.2) is 0 Å². The molecule has 0 amide bonds. The van der Waals surface area contributed by atoms with E-state index in [2.05, 4.69) is 4.72 Å². The second kappa shape index (κ2) is 6.18. The number of rotatable bonds is 5. The Labute approximate surface area is 125 Å². The van der Waals surface area contributed by atoms with Gasteiger partial charge in [-0.15, -0.1) is 0 Å². The predicted molar refractivity (Wildman–Crippen MR) is 84.3 cm³/mol. The fourth-order valence-corrected chi connectivity index (χ4v) is 3.09. The van der Waals surface area contributed by atoms with Crippen LogP contribution in [0, 0.1) is 13.8 Å². The van der Waals surface area contributed by atoms with Gasteiger partial charge in [-0.1, -0.05) is 17.7 Å². The molecule has 1 N–H and O–H groups in total. The van der Waals surface area contributed by atoms with E-state index in [4.69, 9.17) is 4.74 Å². The highest BCUT2D eigenvalue weighted by atomic mass is 32.2. The van der Waals surface area contributed by atoms with E-state index in [0.29, 0.717) is 18.0 Å². The van der Waals surface area contributed by atoms with Crippen molar-refractivity contribution >= 4 is 15.7 Å². The summed E-state index contributed by atoms with van der Waals surface area (Å²) in [5.41, 5.74) is 2.42. The van der Waals surface area contributed by atoms with Crippen molar-refractivity contribution in [3.05, 3.63) is 53.6 Å². The van der Waals surface area contributed by atoms with Crippen molar-refractivity contribution in [2.24, 2.45) is 0 Å². The first kappa shape index (κ1) is 15.4. The van der Waals surface area contributed by atoms with E-state index in [-0.39, 0.29) is 4.90 Å². The Kier molecular flexibility index (Phi) is 4.53. The summed E-state index contributed by atoms with van der Waals surface area (Å²) in [5.74, 6) is 0.701. The maximum absolute atomic E-state index is 12.4. The highest BCUT2D eigenvalue weighted by Gasteiger charge is 2.15. The minimum Gasteiger partial charge on any atom is -0.494 e. The Morgan fingerprint density at radius 3 is 2.29 bits per heavy atom. The minimum atomic E-state index is -3.59. The number of anilines is 1. The highest BCUT2D eigenvalue weighted by Crippen LogP contribution is 2.23. The third-order valence-electron chi connectivity index (χ3n) is 3.06. The molecule has 0 aliphatic rings. The quantitative estimate of drug-likeness (QED) is 0.919. The first-order valence-corrected chi connectivity index (χ1v) is 8.23. The van der Waals surface area contributed by atoms with Gasteiger partial charge in [0.2, 0.25) is 0 Å². The number of aryl methyl sites for hydroxylation is 2. The van der Waals surface area contributed by atoms with Crippen LogP contribution in [0.1, 0.15) is 18.1 Å². The van der Waals surface area contributed by atoms with E-state index < -0.39 is 10.0 Å². The number of benzene rings is 2. The van der Waals surface area contributed by atoms with Gasteiger partial charge < -0.3 is 4.74 Å². The first-order valence-electron chi connectivity index (χ1n) is 6.75. The Hall–Kier alpha value is -2.01. The molecule has 0 bridgehead atoms. The molecule has 4 nitrogen and oxygen atoms in total. The van der Waals surface area contributed by atoms with E-state index in [0.717, 1.165) is 11.1 Å². The average molecular weight is 305 g/mol. The van der Waals surface area contributed by atoms with Crippen LogP contribution in [0.5, 0.6) is 5.75 Å². The highest BCUT2D eigenvalue weighted by molar-refractivity contribution is 7.92. The van der Waals surface area contributed by atoms with Crippen LogP contribution in [0.15, 0.2) is 47.4 Å². The Morgan fingerprint density at radius 2 is 1.71 bits per heavy atom. The normalized spacial score (nSPS) is 11.2. The van der Waals surface area contributed by atoms with Gasteiger partial charge >= 0.3 is 0 Å². The van der Waals surface area contributed by atoms with Gasteiger partial charge in [0.25, 0.3) is 10.0 Å². The van der Waals surface area contributed by atoms with Crippen molar-refractivity contribution < 1.29 is 13.2 Å². The van der Waals surface area contributed by atoms with E-state index >= 15 is 0 Å². The van der Waals surface area contributed by atoms with Crippen molar-refractivity contribution in [1.82, 2.24) is 0 Å². The standard InChI is InChI=1S/C16H19NO3S/c1-4-20-16-10-9-15(11-13(16)3)21(18,19)17-14-7-5-12(2)6-8-14/h5-11,17H,4H2,1-3H3. The largest absolute Gasteiger partial charge is 0.494 e. The van der Waals surface area contributed by atoms with Crippen LogP contribution in [0.25, 0.3) is 0 Å². The Balaban J connectivity index is 2.27. The summed E-state index contributed by atoms with van der Waals surface area (Å²) in [6.07, 6.45) is 0. The van der Waals surface area contributed by atoms with E-state index in [1.807, 2.05) is 32.9 Å². The van der Waals surface area contributed by atoms with Crippen molar-refractivity contribution in [3.8, 4) is 5.75 Å². The fraction of sp³-hybridized carbons (Fsp3) is 0.250. The average Bonchev–Trinajstić information content (AvgIpc) is 2.43. The molecule has 0 spiro atoms. The van der Waals surface area contributed by atoms with Crippen LogP contribution in [-0.4, -0.2) is 15.0 Å². The summed E-state index contributed by atoms with van der Waals surface area (Å²) in [7, 11) is -3.59. The topological polar surface area (TPSA) is 55.4 Å². The lowest BCUT2D eigenvalue weighted by atomic mass is 10.2. The third kappa shape index (κ3) is 3.76. The predicted octanol–water partition coefficient (Wildman–Crippen LogP) is 3.50. The molecule has 0 saturated carbocycles. The molecule has 0 aliphatic carbocycles. The van der Waals surface area contributed by atoms with Crippen molar-refractivity contribution in [2.75, 3.05) is 11.3 Å². The van der Waals surface area contributed by atoms with Gasteiger partial charge in [-0.05, 0) is 56.7 Å². The molecule has 2 rings (SSSR count). The monoisotopic (exact) mass is 305 g/mol. The maximum Gasteiger partial charge on any atom is 0.261 e. The summed E-state index contributed by atoms with van der Waals surface area (Å²) < 4.78 is 32.7. The molecular formula is C16H19NO3S. The molecule has 0 aliphatic heterocycles. The fourth-order valence-electron chi connectivity index (χ4n) is 1.94. The molecule has 0 heterocycles. The Bertz CT molecular complexity index is 722. The summed E-state index contributed by atoms with van der Waals surface area (Å²) in [4.78, 5) is 0.226. The maximum atomic E-state index is 12.4. The molecule has 2 aromatic carbocycles. The smallest absolute Gasteiger partial charge is 0.261 e. The third-order valence-corrected chi connectivity index (χ3v) is 4.44. The number of ether oxygens (including phenoxy) is 1. The zero-order valence-corrected chi connectivity index (χ0v) is 13.2. The second-order valence-electron chi connectivity index (χ2n) is 4.83. The Morgan fingerprint density at radius 1 is 1.05 bits per heavy atom. The zero-order valence-electron chi connectivity index (χ0n) is 12.4. The van der Waals surface area contributed by atoms with Gasteiger partial charge in [-0.3, -0.25) is 4.72 Å². The van der Waals surface area contributed by atoms with Crippen molar-refractivity contribution in [3.63, 3.8) is 0 Å². The van der Waals surface area contributed by atoms with Gasteiger partial charge in [-0.25, -0.2) is 8.42 Å². The number of hydrogen-bond acceptors (Lipinski definition) is 3. The first-order chi connectivity index (χ1) is 9.92. The number of nitrogens with one attached hydrogen (secondary N) is 1. The van der Waals surface area contributed by atoms with Crippen molar-refractivity contribution in [1.29, 1.82) is 0 Å². The molecule has 0 radical (unpaired) electrons. The summed E-state index contributed by atoms with van der Waals surface area (Å²) in [6.45, 7) is 6.22. The summed E-state index contributed by atoms with van der Waals surface area (Å²) in [5, 5.41) is 0.